The number of nitrogens with zero attached hydrogens (tertiary/aromatic N) is 2. The Bertz CT molecular complexity index is 608. The molecule has 0 unspecified atom stereocenters. The van der Waals surface area contributed by atoms with E-state index < -0.39 is 0 Å². The Morgan fingerprint density at radius 2 is 1.67 bits per heavy atom. The van der Waals surface area contributed by atoms with Gasteiger partial charge in [-0.05, 0) is 43.5 Å². The van der Waals surface area contributed by atoms with Gasteiger partial charge in [0.2, 0.25) is 0 Å². The molecule has 3 amide bonds. The Hall–Kier alpha value is -2.24. The minimum atomic E-state index is -0.0484. The number of hydrogen-bond acceptors (Lipinski definition) is 3. The molecule has 1 aromatic carbocycles. The lowest BCUT2D eigenvalue weighted by molar-refractivity contribution is 0.0662. The summed E-state index contributed by atoms with van der Waals surface area (Å²) >= 11 is 0. The second-order valence-corrected chi connectivity index (χ2v) is 6.15. The van der Waals surface area contributed by atoms with Crippen LogP contribution in [0.15, 0.2) is 12.1 Å². The number of piperazine rings is 1. The van der Waals surface area contributed by atoms with Gasteiger partial charge in [-0.2, -0.15) is 0 Å². The molecular formula is C18H27N3O3. The first-order valence-electron chi connectivity index (χ1n) is 8.45. The summed E-state index contributed by atoms with van der Waals surface area (Å²) < 4.78 is 5.37. The highest BCUT2D eigenvalue weighted by Crippen LogP contribution is 2.25. The minimum absolute atomic E-state index is 0.0384. The van der Waals surface area contributed by atoms with Gasteiger partial charge in [-0.25, -0.2) is 4.79 Å². The lowest BCUT2D eigenvalue weighted by atomic mass is 10.0. The maximum absolute atomic E-state index is 12.8. The van der Waals surface area contributed by atoms with Gasteiger partial charge in [-0.15, -0.1) is 0 Å². The molecule has 1 aliphatic heterocycles. The Balaban J connectivity index is 2.03. The third kappa shape index (κ3) is 3.99. The number of amides is 3. The molecule has 1 aromatic rings. The first-order chi connectivity index (χ1) is 11.5. The number of hydrogen-bond donors (Lipinski definition) is 1. The summed E-state index contributed by atoms with van der Waals surface area (Å²) in [6.07, 6.45) is 0.913. The molecule has 1 heterocycles. The molecule has 0 aromatic heterocycles. The van der Waals surface area contributed by atoms with E-state index in [1.165, 1.54) is 0 Å². The topological polar surface area (TPSA) is 61.9 Å². The fraction of sp³-hybridized carbons (Fsp3) is 0.556. The first-order valence-corrected chi connectivity index (χ1v) is 8.45. The third-order valence-electron chi connectivity index (χ3n) is 4.43. The SMILES string of the molecule is CCCNC(=O)N1CCN(C(=O)c2cc(C)c(C)cc2OC)CC1. The molecule has 2 rings (SSSR count). The zero-order valence-electron chi connectivity index (χ0n) is 15.0. The number of ether oxygens (including phenoxy) is 1. The van der Waals surface area contributed by atoms with Crippen molar-refractivity contribution in [2.75, 3.05) is 39.8 Å². The average molecular weight is 333 g/mol. The number of nitrogens with one attached hydrogen (secondary N) is 1. The molecule has 0 spiro atoms. The Labute approximate surface area is 143 Å². The van der Waals surface area contributed by atoms with Gasteiger partial charge >= 0.3 is 6.03 Å². The van der Waals surface area contributed by atoms with Crippen LogP contribution >= 0.6 is 0 Å². The number of methoxy groups -OCH3 is 1. The van der Waals surface area contributed by atoms with Crippen molar-refractivity contribution in [3.05, 3.63) is 28.8 Å². The standard InChI is InChI=1S/C18H27N3O3/c1-5-6-19-18(23)21-9-7-20(8-10-21)17(22)15-11-13(2)14(3)12-16(15)24-4/h11-12H,5-10H2,1-4H3,(H,19,23). The minimum Gasteiger partial charge on any atom is -0.496 e. The van der Waals surface area contributed by atoms with Crippen LogP contribution in [0.5, 0.6) is 5.75 Å². The van der Waals surface area contributed by atoms with Gasteiger partial charge in [0.15, 0.2) is 0 Å². The largest absolute Gasteiger partial charge is 0.496 e. The monoisotopic (exact) mass is 333 g/mol. The maximum atomic E-state index is 12.8. The smallest absolute Gasteiger partial charge is 0.317 e. The van der Waals surface area contributed by atoms with Crippen molar-refractivity contribution < 1.29 is 14.3 Å². The predicted octanol–water partition coefficient (Wildman–Crippen LogP) is 2.19. The molecule has 0 saturated carbocycles. The summed E-state index contributed by atoms with van der Waals surface area (Å²) in [6, 6.07) is 3.74. The normalized spacial score (nSPS) is 14.5. The van der Waals surface area contributed by atoms with E-state index in [0.29, 0.717) is 44.0 Å². The van der Waals surface area contributed by atoms with Gasteiger partial charge < -0.3 is 19.9 Å². The Kier molecular flexibility index (Phi) is 6.06. The summed E-state index contributed by atoms with van der Waals surface area (Å²) in [7, 11) is 1.58. The predicted molar refractivity (Wildman–Crippen MR) is 93.6 cm³/mol. The zero-order chi connectivity index (χ0) is 17.7. The summed E-state index contributed by atoms with van der Waals surface area (Å²) in [5.74, 6) is 0.565. The third-order valence-corrected chi connectivity index (χ3v) is 4.43. The number of benzene rings is 1. The molecule has 0 bridgehead atoms. The molecule has 0 aliphatic carbocycles. The van der Waals surface area contributed by atoms with E-state index in [0.717, 1.165) is 17.5 Å². The van der Waals surface area contributed by atoms with Gasteiger partial charge in [-0.3, -0.25) is 4.79 Å². The van der Waals surface area contributed by atoms with Crippen LogP contribution in [0.1, 0.15) is 34.8 Å². The van der Waals surface area contributed by atoms with Crippen LogP contribution in [-0.4, -0.2) is 61.6 Å². The van der Waals surface area contributed by atoms with Gasteiger partial charge in [0.25, 0.3) is 5.91 Å². The van der Waals surface area contributed by atoms with Crippen LogP contribution in [0, 0.1) is 13.8 Å². The molecular weight excluding hydrogens is 306 g/mol. The Morgan fingerprint density at radius 1 is 1.08 bits per heavy atom. The molecule has 0 radical (unpaired) electrons. The van der Waals surface area contributed by atoms with Crippen LogP contribution in [0.25, 0.3) is 0 Å². The second kappa shape index (κ2) is 8.04. The van der Waals surface area contributed by atoms with Gasteiger partial charge in [-0.1, -0.05) is 6.92 Å². The lowest BCUT2D eigenvalue weighted by Gasteiger charge is -2.35. The van der Waals surface area contributed by atoms with Gasteiger partial charge in [0, 0.05) is 32.7 Å². The molecule has 1 fully saturated rings. The fourth-order valence-electron chi connectivity index (χ4n) is 2.75. The number of rotatable bonds is 4. The van der Waals surface area contributed by atoms with Crippen molar-refractivity contribution in [2.24, 2.45) is 0 Å². The second-order valence-electron chi connectivity index (χ2n) is 6.15. The van der Waals surface area contributed by atoms with Crippen molar-refractivity contribution in [2.45, 2.75) is 27.2 Å². The van der Waals surface area contributed by atoms with E-state index >= 15 is 0 Å². The summed E-state index contributed by atoms with van der Waals surface area (Å²) in [6.45, 7) is 8.86. The van der Waals surface area contributed by atoms with Crippen molar-refractivity contribution in [3.8, 4) is 5.75 Å². The molecule has 132 valence electrons. The van der Waals surface area contributed by atoms with Gasteiger partial charge in [0.05, 0.1) is 12.7 Å². The van der Waals surface area contributed by atoms with Crippen molar-refractivity contribution in [1.82, 2.24) is 15.1 Å². The highest BCUT2D eigenvalue weighted by atomic mass is 16.5. The summed E-state index contributed by atoms with van der Waals surface area (Å²) in [4.78, 5) is 28.3. The molecule has 1 N–H and O–H groups in total. The van der Waals surface area contributed by atoms with Crippen molar-refractivity contribution in [3.63, 3.8) is 0 Å². The molecule has 6 heteroatoms. The van der Waals surface area contributed by atoms with E-state index in [1.54, 1.807) is 16.9 Å². The highest BCUT2D eigenvalue weighted by molar-refractivity contribution is 5.97. The lowest BCUT2D eigenvalue weighted by Crippen LogP contribution is -2.53. The number of carbonyl (C=O) groups is 2. The number of carbonyl (C=O) groups excluding carboxylic acids is 2. The first kappa shape index (κ1) is 18.1. The van der Waals surface area contributed by atoms with E-state index in [4.69, 9.17) is 4.74 Å². The van der Waals surface area contributed by atoms with Gasteiger partial charge in [0.1, 0.15) is 5.75 Å². The van der Waals surface area contributed by atoms with E-state index in [-0.39, 0.29) is 11.9 Å². The van der Waals surface area contributed by atoms with E-state index in [1.807, 2.05) is 32.9 Å². The van der Waals surface area contributed by atoms with Crippen LogP contribution < -0.4 is 10.1 Å². The average Bonchev–Trinajstić information content (AvgIpc) is 2.61. The molecule has 1 saturated heterocycles. The summed E-state index contributed by atoms with van der Waals surface area (Å²) in [5, 5.41) is 2.87. The highest BCUT2D eigenvalue weighted by Gasteiger charge is 2.26. The van der Waals surface area contributed by atoms with Crippen molar-refractivity contribution in [1.29, 1.82) is 0 Å². The van der Waals surface area contributed by atoms with Crippen LogP contribution in [0.4, 0.5) is 4.79 Å². The maximum Gasteiger partial charge on any atom is 0.317 e. The quantitative estimate of drug-likeness (QED) is 0.919. The van der Waals surface area contributed by atoms with Crippen molar-refractivity contribution >= 4 is 11.9 Å². The van der Waals surface area contributed by atoms with Crippen LogP contribution in [0.2, 0.25) is 0 Å². The van der Waals surface area contributed by atoms with E-state index in [9.17, 15) is 9.59 Å². The Morgan fingerprint density at radius 3 is 2.25 bits per heavy atom. The molecule has 0 atom stereocenters. The molecule has 24 heavy (non-hydrogen) atoms. The van der Waals surface area contributed by atoms with E-state index in [2.05, 4.69) is 5.32 Å². The molecule has 1 aliphatic rings. The zero-order valence-corrected chi connectivity index (χ0v) is 15.0. The number of urea groups is 1. The van der Waals surface area contributed by atoms with Crippen LogP contribution in [0.3, 0.4) is 0 Å². The fourth-order valence-corrected chi connectivity index (χ4v) is 2.75. The van der Waals surface area contributed by atoms with Crippen LogP contribution in [-0.2, 0) is 0 Å². The summed E-state index contributed by atoms with van der Waals surface area (Å²) in [5.41, 5.74) is 2.75. The molecule has 6 nitrogen and oxygen atoms in total. The number of aryl methyl sites for hydroxylation is 2.